The molecule has 1 unspecified atom stereocenters. The number of ether oxygens (including phenoxy) is 1. The number of fused-ring (bicyclic) bond motifs is 1. The van der Waals surface area contributed by atoms with Gasteiger partial charge in [-0.15, -0.1) is 24.5 Å². The number of likely N-dealkylation sites (N-methyl/N-ethyl adjacent to an activating group) is 1. The second-order valence-electron chi connectivity index (χ2n) is 6.76. The number of hydrogen-bond acceptors (Lipinski definition) is 5. The summed E-state index contributed by atoms with van der Waals surface area (Å²) in [6.07, 6.45) is -2.89. The Hall–Kier alpha value is -2.84. The monoisotopic (exact) mass is 435 g/mol. The molecule has 158 valence electrons. The summed E-state index contributed by atoms with van der Waals surface area (Å²) in [5.74, 6) is -0.00384. The number of rotatable bonds is 3. The van der Waals surface area contributed by atoms with Crippen LogP contribution in [0.2, 0.25) is 0 Å². The standard InChI is InChI=1S/C15H14F3NOS.C7H6O2/c1-19-8-6-13-12(7-9-21-13)14(19)10-2-4-11(5-3-10)20-15(16,17)18;8-5-6-1-3-7(9)4-2-6/h2-5,7,9,14H,6,8H2,1H3;1-5,9H. The van der Waals surface area contributed by atoms with Crippen LogP contribution >= 0.6 is 11.3 Å². The van der Waals surface area contributed by atoms with Gasteiger partial charge in [0.1, 0.15) is 17.8 Å². The van der Waals surface area contributed by atoms with Gasteiger partial charge in [0.25, 0.3) is 0 Å². The summed E-state index contributed by atoms with van der Waals surface area (Å²) >= 11 is 1.74. The molecule has 0 bridgehead atoms. The molecule has 0 radical (unpaired) electrons. The number of aromatic hydroxyl groups is 1. The van der Waals surface area contributed by atoms with Crippen LogP contribution in [0, 0.1) is 0 Å². The van der Waals surface area contributed by atoms with Crippen molar-refractivity contribution in [1.82, 2.24) is 4.90 Å². The quantitative estimate of drug-likeness (QED) is 0.558. The zero-order valence-corrected chi connectivity index (χ0v) is 16.9. The Kier molecular flexibility index (Phi) is 6.79. The molecule has 0 spiro atoms. The van der Waals surface area contributed by atoms with E-state index in [9.17, 15) is 18.0 Å². The summed E-state index contributed by atoms with van der Waals surface area (Å²) in [6.45, 7) is 0.943. The van der Waals surface area contributed by atoms with Gasteiger partial charge in [-0.3, -0.25) is 9.69 Å². The maximum atomic E-state index is 12.2. The highest BCUT2D eigenvalue weighted by Gasteiger charge is 2.31. The Morgan fingerprint density at radius 2 is 1.77 bits per heavy atom. The molecule has 1 N–H and O–H groups in total. The van der Waals surface area contributed by atoms with E-state index in [0.717, 1.165) is 24.8 Å². The van der Waals surface area contributed by atoms with Gasteiger partial charge in [-0.25, -0.2) is 0 Å². The summed E-state index contributed by atoms with van der Waals surface area (Å²) in [6, 6.07) is 14.4. The van der Waals surface area contributed by atoms with E-state index in [1.54, 1.807) is 35.6 Å². The van der Waals surface area contributed by atoms with Crippen LogP contribution in [0.3, 0.4) is 0 Å². The third kappa shape index (κ3) is 5.61. The van der Waals surface area contributed by atoms with Gasteiger partial charge in [0.2, 0.25) is 0 Å². The molecule has 1 atom stereocenters. The van der Waals surface area contributed by atoms with Crippen molar-refractivity contribution in [2.75, 3.05) is 13.6 Å². The number of aldehydes is 1. The zero-order chi connectivity index (χ0) is 21.7. The highest BCUT2D eigenvalue weighted by molar-refractivity contribution is 7.10. The molecule has 8 heteroatoms. The summed E-state index contributed by atoms with van der Waals surface area (Å²) in [7, 11) is 2.03. The van der Waals surface area contributed by atoms with Gasteiger partial charge in [0.05, 0.1) is 6.04 Å². The van der Waals surface area contributed by atoms with Crippen LogP contribution < -0.4 is 4.74 Å². The molecule has 2 aromatic carbocycles. The highest BCUT2D eigenvalue weighted by atomic mass is 32.1. The van der Waals surface area contributed by atoms with E-state index < -0.39 is 6.36 Å². The molecule has 0 aliphatic carbocycles. The largest absolute Gasteiger partial charge is 0.573 e. The Labute approximate surface area is 176 Å². The fourth-order valence-electron chi connectivity index (χ4n) is 3.28. The van der Waals surface area contributed by atoms with E-state index >= 15 is 0 Å². The topological polar surface area (TPSA) is 49.8 Å². The van der Waals surface area contributed by atoms with Crippen molar-refractivity contribution in [3.63, 3.8) is 0 Å². The Bertz CT molecular complexity index is 969. The van der Waals surface area contributed by atoms with Gasteiger partial charge in [-0.2, -0.15) is 0 Å². The van der Waals surface area contributed by atoms with E-state index in [2.05, 4.69) is 21.1 Å². The zero-order valence-electron chi connectivity index (χ0n) is 16.1. The number of carbonyl (C=O) groups excluding carboxylic acids is 1. The van der Waals surface area contributed by atoms with Crippen LogP contribution in [0.25, 0.3) is 0 Å². The molecular weight excluding hydrogens is 415 g/mol. The van der Waals surface area contributed by atoms with Crippen LogP contribution in [0.15, 0.2) is 60.0 Å². The Morgan fingerprint density at radius 3 is 2.37 bits per heavy atom. The van der Waals surface area contributed by atoms with Crippen LogP contribution in [0.5, 0.6) is 11.5 Å². The predicted molar refractivity (Wildman–Crippen MR) is 109 cm³/mol. The first-order chi connectivity index (χ1) is 14.3. The first kappa shape index (κ1) is 21.9. The van der Waals surface area contributed by atoms with Crippen molar-refractivity contribution < 1.29 is 27.8 Å². The first-order valence-electron chi connectivity index (χ1n) is 9.13. The van der Waals surface area contributed by atoms with Crippen LogP contribution in [-0.2, 0) is 6.42 Å². The maximum absolute atomic E-state index is 12.2. The van der Waals surface area contributed by atoms with E-state index in [4.69, 9.17) is 5.11 Å². The van der Waals surface area contributed by atoms with Crippen molar-refractivity contribution in [3.05, 3.63) is 81.5 Å². The molecule has 1 aliphatic rings. The minimum absolute atomic E-state index is 0.0972. The van der Waals surface area contributed by atoms with Crippen LogP contribution in [0.1, 0.15) is 32.4 Å². The average Bonchev–Trinajstić information content (AvgIpc) is 3.17. The van der Waals surface area contributed by atoms with Crippen molar-refractivity contribution in [3.8, 4) is 11.5 Å². The van der Waals surface area contributed by atoms with E-state index in [1.807, 2.05) is 7.05 Å². The van der Waals surface area contributed by atoms with Gasteiger partial charge >= 0.3 is 6.36 Å². The molecule has 0 saturated carbocycles. The second-order valence-corrected chi connectivity index (χ2v) is 7.76. The lowest BCUT2D eigenvalue weighted by Gasteiger charge is -2.33. The molecule has 4 rings (SSSR count). The van der Waals surface area contributed by atoms with Crippen molar-refractivity contribution in [1.29, 1.82) is 0 Å². The summed E-state index contributed by atoms with van der Waals surface area (Å²) in [5.41, 5.74) is 2.80. The lowest BCUT2D eigenvalue weighted by atomic mass is 9.94. The average molecular weight is 435 g/mol. The molecule has 2 heterocycles. The number of alkyl halides is 3. The summed E-state index contributed by atoms with van der Waals surface area (Å²) < 4.78 is 40.5. The predicted octanol–water partition coefficient (Wildman–Crippen LogP) is 5.43. The maximum Gasteiger partial charge on any atom is 0.573 e. The lowest BCUT2D eigenvalue weighted by Crippen LogP contribution is -2.31. The lowest BCUT2D eigenvalue weighted by molar-refractivity contribution is -0.274. The number of benzene rings is 2. The molecular formula is C22H20F3NO3S. The van der Waals surface area contributed by atoms with Gasteiger partial charge in [0, 0.05) is 17.0 Å². The van der Waals surface area contributed by atoms with E-state index in [1.165, 1.54) is 34.7 Å². The number of phenolic OH excluding ortho intramolecular Hbond substituents is 1. The van der Waals surface area contributed by atoms with Crippen LogP contribution in [-0.4, -0.2) is 36.2 Å². The molecule has 0 saturated heterocycles. The summed E-state index contributed by atoms with van der Waals surface area (Å²) in [5, 5.41) is 10.8. The van der Waals surface area contributed by atoms with Gasteiger partial charge in [0.15, 0.2) is 0 Å². The minimum Gasteiger partial charge on any atom is -0.508 e. The molecule has 0 amide bonds. The number of carbonyl (C=O) groups is 1. The minimum atomic E-state index is -4.65. The third-order valence-electron chi connectivity index (χ3n) is 4.67. The summed E-state index contributed by atoms with van der Waals surface area (Å²) in [4.78, 5) is 13.6. The molecule has 0 fully saturated rings. The van der Waals surface area contributed by atoms with Crippen molar-refractivity contribution in [2.24, 2.45) is 0 Å². The van der Waals surface area contributed by atoms with E-state index in [-0.39, 0.29) is 17.5 Å². The number of phenols is 1. The molecule has 30 heavy (non-hydrogen) atoms. The molecule has 1 aliphatic heterocycles. The van der Waals surface area contributed by atoms with Crippen molar-refractivity contribution in [2.45, 2.75) is 18.8 Å². The molecule has 3 aromatic rings. The normalized spacial score (nSPS) is 16.2. The van der Waals surface area contributed by atoms with E-state index in [0.29, 0.717) is 5.56 Å². The fourth-order valence-corrected chi connectivity index (χ4v) is 4.18. The molecule has 1 aromatic heterocycles. The van der Waals surface area contributed by atoms with Gasteiger partial charge < -0.3 is 9.84 Å². The van der Waals surface area contributed by atoms with Crippen molar-refractivity contribution >= 4 is 17.6 Å². The fraction of sp³-hybridized carbons (Fsp3) is 0.227. The Balaban J connectivity index is 0.000000239. The van der Waals surface area contributed by atoms with Crippen LogP contribution in [0.4, 0.5) is 13.2 Å². The number of hydrogen-bond donors (Lipinski definition) is 1. The van der Waals surface area contributed by atoms with Gasteiger partial charge in [-0.05, 0) is 72.4 Å². The first-order valence-corrected chi connectivity index (χ1v) is 10.0. The third-order valence-corrected chi connectivity index (χ3v) is 5.66. The smallest absolute Gasteiger partial charge is 0.508 e. The molecule has 4 nitrogen and oxygen atoms in total. The highest BCUT2D eigenvalue weighted by Crippen LogP contribution is 2.37. The SMILES string of the molecule is CN1CCc2sccc2C1c1ccc(OC(F)(F)F)cc1.O=Cc1ccc(O)cc1. The number of halogens is 3. The van der Waals surface area contributed by atoms with Gasteiger partial charge in [-0.1, -0.05) is 12.1 Å². The number of nitrogens with zero attached hydrogens (tertiary/aromatic N) is 1. The Morgan fingerprint density at radius 1 is 1.10 bits per heavy atom. The second kappa shape index (κ2) is 9.32. The number of thiophene rings is 1.